The first-order chi connectivity index (χ1) is 36.1. The first-order valence-electron chi connectivity index (χ1n) is 25.0. The lowest BCUT2D eigenvalue weighted by Gasteiger charge is -2.48. The average molecular weight is 990 g/mol. The molecule has 2 saturated heterocycles. The van der Waals surface area contributed by atoms with Crippen LogP contribution in [0, 0.1) is 0 Å². The average Bonchev–Trinajstić information content (AvgIpc) is 3.89. The predicted molar refractivity (Wildman–Crippen MR) is 269 cm³/mol. The van der Waals surface area contributed by atoms with Gasteiger partial charge in [0, 0.05) is 7.11 Å². The molecular formula is C59H63N3O11. The maximum absolute atomic E-state index is 7.08. The van der Waals surface area contributed by atoms with Gasteiger partial charge >= 0.3 is 0 Å². The van der Waals surface area contributed by atoms with Gasteiger partial charge in [-0.15, -0.1) is 5.10 Å². The van der Waals surface area contributed by atoms with Gasteiger partial charge in [0.25, 0.3) is 0 Å². The number of aromatic nitrogens is 3. The normalized spacial score (nSPS) is 25.5. The zero-order chi connectivity index (χ0) is 49.4. The molecule has 380 valence electrons. The highest BCUT2D eigenvalue weighted by molar-refractivity contribution is 5.24. The number of hydrogen-bond acceptors (Lipinski definition) is 13. The van der Waals surface area contributed by atoms with E-state index in [-0.39, 0.29) is 46.2 Å². The largest absolute Gasteiger partial charge is 0.374 e. The van der Waals surface area contributed by atoms with Crippen molar-refractivity contribution in [1.29, 1.82) is 0 Å². The number of benzene rings is 6. The van der Waals surface area contributed by atoms with Crippen LogP contribution < -0.4 is 0 Å². The Kier molecular flexibility index (Phi) is 17.9. The zero-order valence-corrected chi connectivity index (χ0v) is 41.0. The molecule has 10 atom stereocenters. The van der Waals surface area contributed by atoms with E-state index >= 15 is 0 Å². The zero-order valence-electron chi connectivity index (χ0n) is 41.0. The van der Waals surface area contributed by atoms with E-state index < -0.39 is 61.4 Å². The van der Waals surface area contributed by atoms with Gasteiger partial charge in [-0.1, -0.05) is 181 Å². The first-order valence-corrected chi connectivity index (χ1v) is 25.0. The molecule has 1 aromatic heterocycles. The van der Waals surface area contributed by atoms with E-state index in [4.69, 9.17) is 52.1 Å². The Morgan fingerprint density at radius 2 is 1.01 bits per heavy atom. The maximum atomic E-state index is 7.08. The minimum Gasteiger partial charge on any atom is -0.374 e. The third-order valence-electron chi connectivity index (χ3n) is 13.2. The molecule has 0 aliphatic carbocycles. The molecule has 14 heteroatoms. The molecule has 2 fully saturated rings. The summed E-state index contributed by atoms with van der Waals surface area (Å²) in [5, 5.41) is 9.02. The monoisotopic (exact) mass is 989 g/mol. The minimum absolute atomic E-state index is 0.0274. The number of nitrogens with zero attached hydrogens (tertiary/aromatic N) is 3. The van der Waals surface area contributed by atoms with E-state index in [1.807, 2.05) is 170 Å². The van der Waals surface area contributed by atoms with Crippen LogP contribution in [0.25, 0.3) is 0 Å². The number of methoxy groups -OCH3 is 1. The summed E-state index contributed by atoms with van der Waals surface area (Å²) in [5.74, 6) is 0. The molecule has 0 N–H and O–H groups in total. The fourth-order valence-corrected chi connectivity index (χ4v) is 9.47. The Morgan fingerprint density at radius 3 is 1.59 bits per heavy atom. The molecule has 3 aliphatic rings. The topological polar surface area (TPSA) is 132 Å². The van der Waals surface area contributed by atoms with E-state index in [2.05, 4.69) is 22.4 Å². The van der Waals surface area contributed by atoms with E-state index in [0.29, 0.717) is 25.5 Å². The highest BCUT2D eigenvalue weighted by atomic mass is 16.7. The van der Waals surface area contributed by atoms with Crippen molar-refractivity contribution in [3.63, 3.8) is 0 Å². The lowest BCUT2D eigenvalue weighted by Crippen LogP contribution is -2.64. The third-order valence-corrected chi connectivity index (χ3v) is 13.2. The lowest BCUT2D eigenvalue weighted by atomic mass is 9.97. The van der Waals surface area contributed by atoms with Crippen molar-refractivity contribution in [2.24, 2.45) is 0 Å². The van der Waals surface area contributed by atoms with Crippen molar-refractivity contribution in [2.45, 2.75) is 114 Å². The summed E-state index contributed by atoms with van der Waals surface area (Å²) in [6.45, 7) is 2.40. The van der Waals surface area contributed by atoms with Crippen molar-refractivity contribution in [1.82, 2.24) is 15.0 Å². The Labute approximate surface area is 426 Å². The molecule has 14 nitrogen and oxygen atoms in total. The third kappa shape index (κ3) is 13.8. The standard InChI is InChI=1S/C59H63N3O11/c1-63-58-56(69-37-46-26-15-6-16-27-46)54(67-35-44-22-11-4-12-23-44)53-51(72-58)41-71-59-57(70-39-49-32-62(61-60-49)31-47-28-17-29-48(30-47)38-66-53)55(68-36-45-24-13-5-14-25-45)52(65-34-43-20-9-3-10-21-43)50(73-59)40-64-33-42-18-7-2-8-19-42/h2-30,32,50-59H,31,33-41H2,1H3/t50-,51-,52-,53-,54+,55+,56-,57-,58+,59-/m1/s1. The number of hydrogen-bond donors (Lipinski definition) is 0. The quantitative estimate of drug-likeness (QED) is 0.0862. The Hall–Kier alpha value is -5.98. The summed E-state index contributed by atoms with van der Waals surface area (Å²) in [6.07, 6.45) is -5.86. The molecule has 0 saturated carbocycles. The molecular weight excluding hydrogens is 927 g/mol. The molecule has 4 heterocycles. The summed E-state index contributed by atoms with van der Waals surface area (Å²) in [6, 6.07) is 58.4. The second-order valence-corrected chi connectivity index (χ2v) is 18.5. The van der Waals surface area contributed by atoms with Crippen LogP contribution in [0.2, 0.25) is 0 Å². The SMILES string of the molecule is CO[C@H]1O[C@@H]2CO[C@@H]3O[C@H](COCc4ccccc4)[C@@H](OCc4ccccc4)[C@H](OCc4ccccc4)[C@H]3OCc3cn(nn3)Cc3cccc(c3)CO[C@H]2[C@H](OCc2ccccc2)[C@H]1OCc1ccccc1. The van der Waals surface area contributed by atoms with Gasteiger partial charge in [-0.05, 0) is 38.9 Å². The molecule has 4 bridgehead atoms. The van der Waals surface area contributed by atoms with Crippen molar-refractivity contribution < 1.29 is 52.1 Å². The fourth-order valence-electron chi connectivity index (χ4n) is 9.47. The van der Waals surface area contributed by atoms with Crippen LogP contribution >= 0.6 is 0 Å². The van der Waals surface area contributed by atoms with Crippen LogP contribution in [-0.4, -0.2) is 96.7 Å². The van der Waals surface area contributed by atoms with Gasteiger partial charge in [0.15, 0.2) is 12.6 Å². The van der Waals surface area contributed by atoms with Crippen LogP contribution in [0.1, 0.15) is 44.6 Å². The van der Waals surface area contributed by atoms with E-state index in [9.17, 15) is 0 Å². The van der Waals surface area contributed by atoms with Crippen LogP contribution in [0.4, 0.5) is 0 Å². The summed E-state index contributed by atoms with van der Waals surface area (Å²) in [7, 11) is 1.61. The second-order valence-electron chi connectivity index (χ2n) is 18.5. The highest BCUT2D eigenvalue weighted by Gasteiger charge is 2.52. The van der Waals surface area contributed by atoms with E-state index in [1.165, 1.54) is 0 Å². The molecule has 7 aromatic rings. The Morgan fingerprint density at radius 1 is 0.507 bits per heavy atom. The minimum atomic E-state index is -1.04. The second kappa shape index (κ2) is 25.8. The summed E-state index contributed by atoms with van der Waals surface area (Å²) in [5.41, 5.74) is 7.59. The predicted octanol–water partition coefficient (Wildman–Crippen LogP) is 8.78. The molecule has 6 aromatic carbocycles. The van der Waals surface area contributed by atoms with Crippen LogP contribution in [-0.2, 0) is 105 Å². The van der Waals surface area contributed by atoms with Gasteiger partial charge in [0.05, 0.1) is 72.2 Å². The number of ether oxygens (including phenoxy) is 11. The summed E-state index contributed by atoms with van der Waals surface area (Å²) < 4.78 is 77.0. The van der Waals surface area contributed by atoms with E-state index in [0.717, 1.165) is 38.9 Å². The van der Waals surface area contributed by atoms with Crippen LogP contribution in [0.5, 0.6) is 0 Å². The summed E-state index contributed by atoms with van der Waals surface area (Å²) in [4.78, 5) is 0. The van der Waals surface area contributed by atoms with E-state index in [1.54, 1.807) is 11.8 Å². The molecule has 10 rings (SSSR count). The number of fused-ring (bicyclic) bond motifs is 6. The van der Waals surface area contributed by atoms with Gasteiger partial charge in [-0.3, -0.25) is 0 Å². The molecule has 73 heavy (non-hydrogen) atoms. The van der Waals surface area contributed by atoms with Gasteiger partial charge in [0.1, 0.15) is 54.5 Å². The molecule has 0 radical (unpaired) electrons. The van der Waals surface area contributed by atoms with Gasteiger partial charge in [0.2, 0.25) is 0 Å². The van der Waals surface area contributed by atoms with Crippen molar-refractivity contribution in [2.75, 3.05) is 20.3 Å². The van der Waals surface area contributed by atoms with Crippen molar-refractivity contribution in [3.05, 3.63) is 227 Å². The maximum Gasteiger partial charge on any atom is 0.187 e. The van der Waals surface area contributed by atoms with Gasteiger partial charge < -0.3 is 52.1 Å². The van der Waals surface area contributed by atoms with Crippen LogP contribution in [0.3, 0.4) is 0 Å². The molecule has 3 aliphatic heterocycles. The van der Waals surface area contributed by atoms with Crippen molar-refractivity contribution >= 4 is 0 Å². The summed E-state index contributed by atoms with van der Waals surface area (Å²) >= 11 is 0. The van der Waals surface area contributed by atoms with Gasteiger partial charge in [-0.25, -0.2) is 4.68 Å². The number of rotatable bonds is 17. The van der Waals surface area contributed by atoms with Crippen LogP contribution in [0.15, 0.2) is 182 Å². The highest BCUT2D eigenvalue weighted by Crippen LogP contribution is 2.35. The molecule has 0 unspecified atom stereocenters. The molecule has 0 spiro atoms. The lowest BCUT2D eigenvalue weighted by molar-refractivity contribution is -0.351. The van der Waals surface area contributed by atoms with Gasteiger partial charge in [-0.2, -0.15) is 0 Å². The smallest absolute Gasteiger partial charge is 0.187 e. The Bertz CT molecular complexity index is 2690. The van der Waals surface area contributed by atoms with Crippen molar-refractivity contribution in [3.8, 4) is 0 Å². The first kappa shape index (κ1) is 50.5. The fraction of sp³-hybridized carbons (Fsp3) is 0.356. The Balaban J connectivity index is 1.01. The molecule has 0 amide bonds.